The number of nitrogens with zero attached hydrogens (tertiary/aromatic N) is 1. The van der Waals surface area contributed by atoms with Crippen molar-refractivity contribution in [2.24, 2.45) is 0 Å². The minimum Gasteiger partial charge on any atom is -0.342 e. The molecule has 0 spiro atoms. The van der Waals surface area contributed by atoms with E-state index in [1.54, 1.807) is 0 Å². The zero-order valence-corrected chi connectivity index (χ0v) is 17.3. The summed E-state index contributed by atoms with van der Waals surface area (Å²) in [6.07, 6.45) is 4.39. The van der Waals surface area contributed by atoms with Gasteiger partial charge in [0, 0.05) is 24.8 Å². The third-order valence-electron chi connectivity index (χ3n) is 6.43. The van der Waals surface area contributed by atoms with Gasteiger partial charge >= 0.3 is 6.03 Å². The summed E-state index contributed by atoms with van der Waals surface area (Å²) in [5.41, 5.74) is 2.54. The van der Waals surface area contributed by atoms with Gasteiger partial charge in [-0.05, 0) is 74.4 Å². The molecule has 0 bridgehead atoms. The number of urea groups is 1. The average molecular weight is 410 g/mol. The molecular formula is C24H28FN3O2. The molecule has 1 heterocycles. The molecule has 2 N–H and O–H groups in total. The van der Waals surface area contributed by atoms with Crippen LogP contribution in [0.3, 0.4) is 0 Å². The monoisotopic (exact) mass is 409 g/mol. The van der Waals surface area contributed by atoms with Crippen LogP contribution in [0.5, 0.6) is 0 Å². The predicted molar refractivity (Wildman–Crippen MR) is 115 cm³/mol. The van der Waals surface area contributed by atoms with E-state index in [-0.39, 0.29) is 23.8 Å². The Labute approximate surface area is 176 Å². The van der Waals surface area contributed by atoms with Crippen molar-refractivity contribution in [3.63, 3.8) is 0 Å². The number of carbonyl (C=O) groups is 2. The first-order valence-electron chi connectivity index (χ1n) is 10.7. The Kier molecular flexibility index (Phi) is 5.75. The first-order chi connectivity index (χ1) is 14.5. The molecule has 1 saturated heterocycles. The third-order valence-corrected chi connectivity index (χ3v) is 6.43. The summed E-state index contributed by atoms with van der Waals surface area (Å²) >= 11 is 0. The number of nitrogens with one attached hydrogen (secondary N) is 2. The molecule has 1 aliphatic carbocycles. The molecule has 2 aromatic rings. The van der Waals surface area contributed by atoms with E-state index in [9.17, 15) is 14.0 Å². The Balaban J connectivity index is 1.33. The molecule has 1 fully saturated rings. The quantitative estimate of drug-likeness (QED) is 0.797. The molecule has 5 nitrogen and oxygen atoms in total. The van der Waals surface area contributed by atoms with Crippen LogP contribution >= 0.6 is 0 Å². The van der Waals surface area contributed by atoms with Crippen molar-refractivity contribution in [2.75, 3.05) is 18.4 Å². The van der Waals surface area contributed by atoms with E-state index >= 15 is 0 Å². The minimum absolute atomic E-state index is 0.0148. The summed E-state index contributed by atoms with van der Waals surface area (Å²) < 4.78 is 13.0. The van der Waals surface area contributed by atoms with Gasteiger partial charge in [-0.2, -0.15) is 0 Å². The van der Waals surface area contributed by atoms with Crippen molar-refractivity contribution >= 4 is 17.6 Å². The van der Waals surface area contributed by atoms with E-state index in [0.717, 1.165) is 32.1 Å². The maximum absolute atomic E-state index is 13.4. The summed E-state index contributed by atoms with van der Waals surface area (Å²) in [7, 11) is 0. The van der Waals surface area contributed by atoms with Crippen molar-refractivity contribution in [3.05, 3.63) is 65.5 Å². The number of rotatable bonds is 3. The normalized spacial score (nSPS) is 21.6. The number of hydrogen-bond acceptors (Lipinski definition) is 2. The zero-order chi connectivity index (χ0) is 21.1. The SMILES string of the molecule is CC1(C(=O)N2CCC(NC(=O)Nc3ccc(F)cc3)CC2)CCCc2ccccc21. The predicted octanol–water partition coefficient (Wildman–Crippen LogP) is 4.23. The van der Waals surface area contributed by atoms with Crippen molar-refractivity contribution in [2.45, 2.75) is 50.5 Å². The number of piperidine rings is 1. The summed E-state index contributed by atoms with van der Waals surface area (Å²) in [6.45, 7) is 3.35. The van der Waals surface area contributed by atoms with E-state index in [1.807, 2.05) is 17.0 Å². The number of hydrogen-bond donors (Lipinski definition) is 2. The maximum atomic E-state index is 13.4. The summed E-state index contributed by atoms with van der Waals surface area (Å²) in [5, 5.41) is 5.69. The highest BCUT2D eigenvalue weighted by Gasteiger charge is 2.42. The van der Waals surface area contributed by atoms with Crippen LogP contribution in [0, 0.1) is 5.82 Å². The van der Waals surface area contributed by atoms with Crippen LogP contribution in [0.25, 0.3) is 0 Å². The van der Waals surface area contributed by atoms with E-state index in [2.05, 4.69) is 29.7 Å². The zero-order valence-electron chi connectivity index (χ0n) is 17.3. The molecule has 2 aromatic carbocycles. The van der Waals surface area contributed by atoms with Gasteiger partial charge in [0.25, 0.3) is 0 Å². The standard InChI is InChI=1S/C24H28FN3O2/c1-24(14-4-6-17-5-2-3-7-21(17)24)22(29)28-15-12-20(13-16-28)27-23(30)26-19-10-8-18(25)9-11-19/h2-3,5,7-11,20H,4,6,12-16H2,1H3,(H2,26,27,30). The second-order valence-electron chi connectivity index (χ2n) is 8.51. The Hall–Kier alpha value is -2.89. The van der Waals surface area contributed by atoms with Gasteiger partial charge in [0.1, 0.15) is 5.82 Å². The molecule has 0 aromatic heterocycles. The highest BCUT2D eigenvalue weighted by Crippen LogP contribution is 2.39. The average Bonchev–Trinajstić information content (AvgIpc) is 2.76. The second kappa shape index (κ2) is 8.46. The maximum Gasteiger partial charge on any atom is 0.319 e. The molecule has 2 aliphatic rings. The summed E-state index contributed by atoms with van der Waals surface area (Å²) in [4.78, 5) is 27.6. The Morgan fingerprint density at radius 2 is 1.77 bits per heavy atom. The molecule has 6 heteroatoms. The first kappa shape index (κ1) is 20.4. The van der Waals surface area contributed by atoms with Gasteiger partial charge in [0.15, 0.2) is 0 Å². The molecule has 0 saturated carbocycles. The number of anilines is 1. The number of likely N-dealkylation sites (tertiary alicyclic amines) is 1. The van der Waals surface area contributed by atoms with Crippen LogP contribution in [0.15, 0.2) is 48.5 Å². The van der Waals surface area contributed by atoms with Crippen LogP contribution < -0.4 is 10.6 Å². The molecule has 3 amide bonds. The Bertz CT molecular complexity index is 922. The number of fused-ring (bicyclic) bond motifs is 1. The lowest BCUT2D eigenvalue weighted by Gasteiger charge is -2.41. The number of aryl methyl sites for hydroxylation is 1. The van der Waals surface area contributed by atoms with E-state index in [1.165, 1.54) is 35.4 Å². The fraction of sp³-hybridized carbons (Fsp3) is 0.417. The Morgan fingerprint density at radius 1 is 1.07 bits per heavy atom. The molecule has 1 atom stereocenters. The molecule has 0 radical (unpaired) electrons. The van der Waals surface area contributed by atoms with Gasteiger partial charge in [-0.15, -0.1) is 0 Å². The molecular weight excluding hydrogens is 381 g/mol. The van der Waals surface area contributed by atoms with Crippen LogP contribution in [0.2, 0.25) is 0 Å². The van der Waals surface area contributed by atoms with Crippen LogP contribution in [0.4, 0.5) is 14.9 Å². The van der Waals surface area contributed by atoms with Crippen LogP contribution in [0.1, 0.15) is 43.7 Å². The van der Waals surface area contributed by atoms with E-state index in [4.69, 9.17) is 0 Å². The molecule has 30 heavy (non-hydrogen) atoms. The first-order valence-corrected chi connectivity index (χ1v) is 10.7. The molecule has 1 aliphatic heterocycles. The molecule has 4 rings (SSSR count). The second-order valence-corrected chi connectivity index (χ2v) is 8.51. The number of amides is 3. The number of halogens is 1. The van der Waals surface area contributed by atoms with Crippen molar-refractivity contribution in [3.8, 4) is 0 Å². The van der Waals surface area contributed by atoms with E-state index in [0.29, 0.717) is 18.8 Å². The van der Waals surface area contributed by atoms with Gasteiger partial charge in [0.05, 0.1) is 5.41 Å². The van der Waals surface area contributed by atoms with Crippen LogP contribution in [-0.4, -0.2) is 36.0 Å². The number of carbonyl (C=O) groups excluding carboxylic acids is 2. The van der Waals surface area contributed by atoms with Gasteiger partial charge in [0.2, 0.25) is 5.91 Å². The topological polar surface area (TPSA) is 61.4 Å². The fourth-order valence-electron chi connectivity index (χ4n) is 4.73. The van der Waals surface area contributed by atoms with Gasteiger partial charge in [-0.3, -0.25) is 4.79 Å². The minimum atomic E-state index is -0.463. The highest BCUT2D eigenvalue weighted by atomic mass is 19.1. The summed E-state index contributed by atoms with van der Waals surface area (Å²) in [5.74, 6) is -0.142. The Morgan fingerprint density at radius 3 is 2.50 bits per heavy atom. The molecule has 1 unspecified atom stereocenters. The van der Waals surface area contributed by atoms with Gasteiger partial charge in [-0.25, -0.2) is 9.18 Å². The fourth-order valence-corrected chi connectivity index (χ4v) is 4.73. The van der Waals surface area contributed by atoms with Crippen LogP contribution in [-0.2, 0) is 16.6 Å². The third kappa shape index (κ3) is 4.18. The summed E-state index contributed by atoms with van der Waals surface area (Å²) in [6, 6.07) is 13.7. The van der Waals surface area contributed by atoms with Gasteiger partial charge < -0.3 is 15.5 Å². The lowest BCUT2D eigenvalue weighted by molar-refractivity contribution is -0.138. The van der Waals surface area contributed by atoms with Crippen molar-refractivity contribution in [1.82, 2.24) is 10.2 Å². The van der Waals surface area contributed by atoms with Gasteiger partial charge in [-0.1, -0.05) is 24.3 Å². The smallest absolute Gasteiger partial charge is 0.319 e. The lowest BCUT2D eigenvalue weighted by atomic mass is 9.70. The van der Waals surface area contributed by atoms with E-state index < -0.39 is 5.41 Å². The highest BCUT2D eigenvalue weighted by molar-refractivity contribution is 5.90. The number of benzene rings is 2. The lowest BCUT2D eigenvalue weighted by Crippen LogP contribution is -2.52. The molecule has 158 valence electrons. The van der Waals surface area contributed by atoms with Crippen molar-refractivity contribution in [1.29, 1.82) is 0 Å². The van der Waals surface area contributed by atoms with Crippen molar-refractivity contribution < 1.29 is 14.0 Å². The largest absolute Gasteiger partial charge is 0.342 e.